The quantitative estimate of drug-likeness (QED) is 0.755. The Hall–Kier alpha value is -1.53. The van der Waals surface area contributed by atoms with E-state index in [0.29, 0.717) is 4.90 Å². The van der Waals surface area contributed by atoms with Gasteiger partial charge < -0.3 is 4.74 Å². The van der Waals surface area contributed by atoms with Crippen molar-refractivity contribution in [3.8, 4) is 5.75 Å². The van der Waals surface area contributed by atoms with Gasteiger partial charge in [-0.1, -0.05) is 22.0 Å². The van der Waals surface area contributed by atoms with Gasteiger partial charge in [0.2, 0.25) is 0 Å². The third-order valence-corrected chi connectivity index (χ3v) is 4.58. The number of hydrogen-bond donors (Lipinski definition) is 0. The van der Waals surface area contributed by atoms with E-state index in [4.69, 9.17) is 4.74 Å². The average molecular weight is 371 g/mol. The van der Waals surface area contributed by atoms with Gasteiger partial charge in [0.05, 0.1) is 29.2 Å². The first-order valence-corrected chi connectivity index (χ1v) is 8.13. The number of carbonyl (C=O) groups excluding carboxylic acids is 1. The minimum Gasteiger partial charge on any atom is -0.496 e. The molecule has 0 bridgehead atoms. The van der Waals surface area contributed by atoms with Crippen LogP contribution in [0.15, 0.2) is 51.8 Å². The van der Waals surface area contributed by atoms with Crippen LogP contribution >= 0.6 is 15.9 Å². The van der Waals surface area contributed by atoms with Crippen LogP contribution in [0.4, 0.5) is 4.39 Å². The molecule has 1 unspecified atom stereocenters. The van der Waals surface area contributed by atoms with E-state index in [1.807, 2.05) is 0 Å². The lowest BCUT2D eigenvalue weighted by atomic mass is 10.1. The minimum absolute atomic E-state index is 0.0980. The SMILES string of the molecule is COc1ccc(F)cc1C(=O)CS(=O)c1cccc(Br)c1. The highest BCUT2D eigenvalue weighted by Gasteiger charge is 2.17. The van der Waals surface area contributed by atoms with E-state index in [1.54, 1.807) is 24.3 Å². The van der Waals surface area contributed by atoms with E-state index in [-0.39, 0.29) is 17.1 Å². The van der Waals surface area contributed by atoms with Crippen LogP contribution in [0, 0.1) is 5.82 Å². The molecule has 0 heterocycles. The first kappa shape index (κ1) is 15.9. The van der Waals surface area contributed by atoms with Crippen molar-refractivity contribution in [3.05, 3.63) is 58.3 Å². The summed E-state index contributed by atoms with van der Waals surface area (Å²) in [4.78, 5) is 12.7. The van der Waals surface area contributed by atoms with Gasteiger partial charge in [-0.2, -0.15) is 0 Å². The third-order valence-electron chi connectivity index (χ3n) is 2.78. The Kier molecular flexibility index (Phi) is 5.25. The molecule has 1 atom stereocenters. The summed E-state index contributed by atoms with van der Waals surface area (Å²) in [6.45, 7) is 0. The molecule has 0 aliphatic rings. The zero-order chi connectivity index (χ0) is 15.4. The normalized spacial score (nSPS) is 12.0. The van der Waals surface area contributed by atoms with Gasteiger partial charge in [0.15, 0.2) is 5.78 Å². The van der Waals surface area contributed by atoms with Crippen molar-refractivity contribution < 1.29 is 18.1 Å². The second kappa shape index (κ2) is 6.95. The average Bonchev–Trinajstić information content (AvgIpc) is 2.47. The topological polar surface area (TPSA) is 43.4 Å². The molecule has 0 aliphatic carbocycles. The molecule has 6 heteroatoms. The lowest BCUT2D eigenvalue weighted by Gasteiger charge is -2.08. The number of rotatable bonds is 5. The highest BCUT2D eigenvalue weighted by Crippen LogP contribution is 2.21. The van der Waals surface area contributed by atoms with Gasteiger partial charge >= 0.3 is 0 Å². The number of methoxy groups -OCH3 is 1. The second-order valence-corrected chi connectivity index (χ2v) is 6.58. The van der Waals surface area contributed by atoms with Gasteiger partial charge in [-0.15, -0.1) is 0 Å². The lowest BCUT2D eigenvalue weighted by Crippen LogP contribution is -2.12. The summed E-state index contributed by atoms with van der Waals surface area (Å²) in [6, 6.07) is 10.6. The Bertz CT molecular complexity index is 703. The molecule has 0 fully saturated rings. The summed E-state index contributed by atoms with van der Waals surface area (Å²) in [5.41, 5.74) is 0.0980. The van der Waals surface area contributed by atoms with Crippen molar-refractivity contribution in [1.82, 2.24) is 0 Å². The first-order valence-electron chi connectivity index (χ1n) is 6.02. The van der Waals surface area contributed by atoms with Crippen LogP contribution in [0.2, 0.25) is 0 Å². The molecule has 3 nitrogen and oxygen atoms in total. The molecule has 0 amide bonds. The first-order chi connectivity index (χ1) is 10.0. The number of benzene rings is 2. The van der Waals surface area contributed by atoms with E-state index in [9.17, 15) is 13.4 Å². The Balaban J connectivity index is 2.22. The Labute approximate surface area is 132 Å². The van der Waals surface area contributed by atoms with E-state index in [0.717, 1.165) is 10.5 Å². The van der Waals surface area contributed by atoms with Gasteiger partial charge in [-0.3, -0.25) is 9.00 Å². The smallest absolute Gasteiger partial charge is 0.179 e. The molecule has 0 radical (unpaired) electrons. The molecule has 0 N–H and O–H groups in total. The maximum absolute atomic E-state index is 13.3. The van der Waals surface area contributed by atoms with E-state index in [2.05, 4.69) is 15.9 Å². The van der Waals surface area contributed by atoms with Crippen molar-refractivity contribution in [2.24, 2.45) is 0 Å². The van der Waals surface area contributed by atoms with Crippen LogP contribution in [0.5, 0.6) is 5.75 Å². The summed E-state index contributed by atoms with van der Waals surface area (Å²) in [7, 11) is -0.101. The van der Waals surface area contributed by atoms with Crippen molar-refractivity contribution in [3.63, 3.8) is 0 Å². The largest absolute Gasteiger partial charge is 0.496 e. The van der Waals surface area contributed by atoms with Crippen LogP contribution in [0.1, 0.15) is 10.4 Å². The second-order valence-electron chi connectivity index (χ2n) is 4.22. The molecule has 0 aromatic heterocycles. The van der Waals surface area contributed by atoms with Crippen molar-refractivity contribution in [2.75, 3.05) is 12.9 Å². The van der Waals surface area contributed by atoms with E-state index >= 15 is 0 Å². The fraction of sp³-hybridized carbons (Fsp3) is 0.133. The molecule has 0 aliphatic heterocycles. The molecule has 2 aromatic carbocycles. The number of Topliss-reactive ketones (excluding diaryl/α,β-unsaturated/α-hetero) is 1. The molecule has 2 aromatic rings. The predicted octanol–water partition coefficient (Wildman–Crippen LogP) is 3.59. The van der Waals surface area contributed by atoms with Crippen LogP contribution in [0.25, 0.3) is 0 Å². The molecular weight excluding hydrogens is 359 g/mol. The van der Waals surface area contributed by atoms with Crippen LogP contribution < -0.4 is 4.74 Å². The lowest BCUT2D eigenvalue weighted by molar-refractivity contribution is 0.101. The zero-order valence-electron chi connectivity index (χ0n) is 11.1. The highest BCUT2D eigenvalue weighted by molar-refractivity contribution is 9.10. The highest BCUT2D eigenvalue weighted by atomic mass is 79.9. The van der Waals surface area contributed by atoms with Gasteiger partial charge in [-0.25, -0.2) is 4.39 Å². The summed E-state index contributed by atoms with van der Waals surface area (Å²) >= 11 is 3.28. The molecule has 0 spiro atoms. The fourth-order valence-corrected chi connectivity index (χ4v) is 3.39. The summed E-state index contributed by atoms with van der Waals surface area (Å²) in [5.74, 6) is -0.916. The van der Waals surface area contributed by atoms with E-state index < -0.39 is 22.4 Å². The van der Waals surface area contributed by atoms with E-state index in [1.165, 1.54) is 19.2 Å². The van der Waals surface area contributed by atoms with Crippen LogP contribution in [0.3, 0.4) is 0 Å². The van der Waals surface area contributed by atoms with Crippen LogP contribution in [-0.4, -0.2) is 22.9 Å². The molecular formula is C15H12BrFO3S. The Morgan fingerprint density at radius 3 is 2.71 bits per heavy atom. The molecule has 21 heavy (non-hydrogen) atoms. The van der Waals surface area contributed by atoms with Crippen molar-refractivity contribution in [2.45, 2.75) is 4.90 Å². The minimum atomic E-state index is -1.50. The monoisotopic (exact) mass is 370 g/mol. The maximum Gasteiger partial charge on any atom is 0.179 e. The number of ketones is 1. The van der Waals surface area contributed by atoms with Gasteiger partial charge in [0.25, 0.3) is 0 Å². The van der Waals surface area contributed by atoms with Gasteiger partial charge in [-0.05, 0) is 36.4 Å². The number of halogens is 2. The van der Waals surface area contributed by atoms with Gasteiger partial charge in [0, 0.05) is 9.37 Å². The number of ether oxygens (including phenoxy) is 1. The predicted molar refractivity (Wildman–Crippen MR) is 82.7 cm³/mol. The molecule has 2 rings (SSSR count). The summed E-state index contributed by atoms with van der Waals surface area (Å²) in [6.07, 6.45) is 0. The van der Waals surface area contributed by atoms with Gasteiger partial charge in [0.1, 0.15) is 11.6 Å². The van der Waals surface area contributed by atoms with Crippen LogP contribution in [-0.2, 0) is 10.8 Å². The Morgan fingerprint density at radius 2 is 2.05 bits per heavy atom. The molecule has 0 saturated carbocycles. The number of carbonyl (C=O) groups is 1. The number of hydrogen-bond acceptors (Lipinski definition) is 3. The zero-order valence-corrected chi connectivity index (χ0v) is 13.5. The molecule has 0 saturated heterocycles. The van der Waals surface area contributed by atoms with Crippen molar-refractivity contribution >= 4 is 32.5 Å². The standard InChI is InChI=1S/C15H12BrFO3S/c1-20-15-6-5-11(17)8-13(15)14(18)9-21(19)12-4-2-3-10(16)7-12/h2-8H,9H2,1H3. The van der Waals surface area contributed by atoms with Crippen molar-refractivity contribution in [1.29, 1.82) is 0 Å². The summed E-state index contributed by atoms with van der Waals surface area (Å²) in [5, 5.41) is 0. The fourth-order valence-electron chi connectivity index (χ4n) is 1.79. The summed E-state index contributed by atoms with van der Waals surface area (Å²) < 4.78 is 31.3. The maximum atomic E-state index is 13.3. The Morgan fingerprint density at radius 1 is 1.29 bits per heavy atom. The third kappa shape index (κ3) is 3.98. The molecule has 110 valence electrons.